The summed E-state index contributed by atoms with van der Waals surface area (Å²) in [4.78, 5) is 8.68. The molecule has 0 radical (unpaired) electrons. The first kappa shape index (κ1) is 15.9. The van der Waals surface area contributed by atoms with Crippen LogP contribution in [0.25, 0.3) is 11.5 Å². The fraction of sp³-hybridized carbons (Fsp3) is 0.235. The lowest BCUT2D eigenvalue weighted by atomic mass is 10.1. The second-order valence-electron chi connectivity index (χ2n) is 5.08. The molecule has 0 saturated carbocycles. The Hall–Kier alpha value is -2.93. The first-order valence-corrected chi connectivity index (χ1v) is 7.63. The largest absolute Gasteiger partial charge is 0.493 e. The topological polar surface area (TPSA) is 98.9 Å². The van der Waals surface area contributed by atoms with Gasteiger partial charge in [-0.15, -0.1) is 0 Å². The van der Waals surface area contributed by atoms with Gasteiger partial charge in [0.25, 0.3) is 0 Å². The lowest BCUT2D eigenvalue weighted by molar-refractivity contribution is 0.310. The molecule has 0 aliphatic heterocycles. The van der Waals surface area contributed by atoms with Gasteiger partial charge in [-0.05, 0) is 36.8 Å². The van der Waals surface area contributed by atoms with E-state index in [2.05, 4.69) is 20.2 Å². The van der Waals surface area contributed by atoms with Crippen LogP contribution in [0.2, 0.25) is 0 Å². The lowest BCUT2D eigenvalue weighted by Gasteiger charge is -2.13. The summed E-state index contributed by atoms with van der Waals surface area (Å²) in [5.41, 5.74) is 7.84. The third-order valence-corrected chi connectivity index (χ3v) is 3.54. The molecule has 2 aromatic heterocycles. The molecule has 1 atom stereocenters. The fourth-order valence-corrected chi connectivity index (χ4v) is 2.33. The van der Waals surface area contributed by atoms with E-state index in [1.165, 1.54) is 0 Å². The highest BCUT2D eigenvalue weighted by atomic mass is 16.5. The summed E-state index contributed by atoms with van der Waals surface area (Å²) in [7, 11) is 1.60. The van der Waals surface area contributed by atoms with Gasteiger partial charge in [-0.3, -0.25) is 10.1 Å². The number of hydrogen-bond acceptors (Lipinski definition) is 6. The number of hydrogen-bond donors (Lipinski definition) is 2. The monoisotopic (exact) mass is 325 g/mol. The number of nitrogens with two attached hydrogens (primary N) is 1. The standard InChI is InChI=1S/C17H19N5O2/c1-3-24-13-8-7-11(10-14(13)23-2)15(18)17-20-16(21-22-17)12-6-4-5-9-19-12/h4-10,15H,3,18H2,1-2H3,(H,20,21,22). The number of nitrogens with one attached hydrogen (secondary N) is 1. The van der Waals surface area contributed by atoms with Crippen LogP contribution in [0.4, 0.5) is 0 Å². The number of nitrogens with zero attached hydrogens (tertiary/aromatic N) is 3. The summed E-state index contributed by atoms with van der Waals surface area (Å²) in [6, 6.07) is 10.7. The Labute approximate surface area is 139 Å². The van der Waals surface area contributed by atoms with E-state index in [1.807, 2.05) is 43.3 Å². The molecule has 0 spiro atoms. The summed E-state index contributed by atoms with van der Waals surface area (Å²) >= 11 is 0. The van der Waals surface area contributed by atoms with Crippen LogP contribution in [0.5, 0.6) is 11.5 Å². The molecule has 2 heterocycles. The highest BCUT2D eigenvalue weighted by Gasteiger charge is 2.17. The molecule has 0 aliphatic carbocycles. The molecular formula is C17H19N5O2. The smallest absolute Gasteiger partial charge is 0.199 e. The van der Waals surface area contributed by atoms with Crippen molar-refractivity contribution in [2.24, 2.45) is 5.73 Å². The number of H-pyrrole nitrogens is 1. The van der Waals surface area contributed by atoms with E-state index in [4.69, 9.17) is 15.2 Å². The molecule has 0 aliphatic rings. The van der Waals surface area contributed by atoms with Gasteiger partial charge in [0.2, 0.25) is 0 Å². The van der Waals surface area contributed by atoms with E-state index in [-0.39, 0.29) is 0 Å². The Bertz CT molecular complexity index is 804. The van der Waals surface area contributed by atoms with Crippen molar-refractivity contribution in [2.75, 3.05) is 13.7 Å². The maximum Gasteiger partial charge on any atom is 0.199 e. The van der Waals surface area contributed by atoms with Crippen LogP contribution < -0.4 is 15.2 Å². The minimum absolute atomic E-state index is 0.459. The number of aromatic nitrogens is 4. The summed E-state index contributed by atoms with van der Waals surface area (Å²) in [6.07, 6.45) is 1.70. The van der Waals surface area contributed by atoms with E-state index >= 15 is 0 Å². The summed E-state index contributed by atoms with van der Waals surface area (Å²) in [5, 5.41) is 7.07. The molecule has 7 nitrogen and oxygen atoms in total. The van der Waals surface area contributed by atoms with Crippen molar-refractivity contribution < 1.29 is 9.47 Å². The molecular weight excluding hydrogens is 306 g/mol. The van der Waals surface area contributed by atoms with Crippen molar-refractivity contribution >= 4 is 0 Å². The van der Waals surface area contributed by atoms with Crippen molar-refractivity contribution in [1.82, 2.24) is 20.2 Å². The van der Waals surface area contributed by atoms with Gasteiger partial charge < -0.3 is 15.2 Å². The minimum atomic E-state index is -0.459. The predicted molar refractivity (Wildman–Crippen MR) is 89.8 cm³/mol. The summed E-state index contributed by atoms with van der Waals surface area (Å²) < 4.78 is 10.9. The zero-order chi connectivity index (χ0) is 16.9. The lowest BCUT2D eigenvalue weighted by Crippen LogP contribution is -2.14. The quantitative estimate of drug-likeness (QED) is 0.721. The van der Waals surface area contributed by atoms with Gasteiger partial charge in [0.15, 0.2) is 17.3 Å². The molecule has 124 valence electrons. The van der Waals surface area contributed by atoms with Crippen molar-refractivity contribution in [2.45, 2.75) is 13.0 Å². The predicted octanol–water partition coefficient (Wildman–Crippen LogP) is 2.32. The zero-order valence-corrected chi connectivity index (χ0v) is 13.6. The van der Waals surface area contributed by atoms with Gasteiger partial charge in [-0.25, -0.2) is 4.98 Å². The molecule has 24 heavy (non-hydrogen) atoms. The maximum absolute atomic E-state index is 6.30. The second kappa shape index (κ2) is 7.10. The molecule has 1 unspecified atom stereocenters. The Morgan fingerprint density at radius 2 is 2.08 bits per heavy atom. The molecule has 0 amide bonds. The van der Waals surface area contributed by atoms with Crippen LogP contribution in [-0.4, -0.2) is 33.9 Å². The van der Waals surface area contributed by atoms with Gasteiger partial charge in [0, 0.05) is 6.20 Å². The SMILES string of the molecule is CCOc1ccc(C(N)c2nc(-c3ccccn3)n[nH]2)cc1OC. The third kappa shape index (κ3) is 3.21. The number of benzene rings is 1. The van der Waals surface area contributed by atoms with Crippen molar-refractivity contribution in [3.63, 3.8) is 0 Å². The minimum Gasteiger partial charge on any atom is -0.493 e. The van der Waals surface area contributed by atoms with E-state index in [0.29, 0.717) is 35.4 Å². The first-order valence-electron chi connectivity index (χ1n) is 7.63. The van der Waals surface area contributed by atoms with E-state index < -0.39 is 6.04 Å². The molecule has 7 heteroatoms. The Kier molecular flexibility index (Phi) is 4.72. The Balaban J connectivity index is 1.87. The van der Waals surface area contributed by atoms with Crippen LogP contribution in [0.3, 0.4) is 0 Å². The number of aromatic amines is 1. The first-order chi connectivity index (χ1) is 11.7. The van der Waals surface area contributed by atoms with E-state index in [1.54, 1.807) is 13.3 Å². The molecule has 3 rings (SSSR count). The molecule has 0 fully saturated rings. The normalized spacial score (nSPS) is 12.0. The fourth-order valence-electron chi connectivity index (χ4n) is 2.33. The maximum atomic E-state index is 6.30. The van der Waals surface area contributed by atoms with Crippen molar-refractivity contribution in [1.29, 1.82) is 0 Å². The van der Waals surface area contributed by atoms with Gasteiger partial charge >= 0.3 is 0 Å². The van der Waals surface area contributed by atoms with E-state index in [0.717, 1.165) is 5.56 Å². The molecule has 3 N–H and O–H groups in total. The molecule has 0 saturated heterocycles. The summed E-state index contributed by atoms with van der Waals surface area (Å²) in [5.74, 6) is 2.39. The average Bonchev–Trinajstić information content (AvgIpc) is 3.12. The highest BCUT2D eigenvalue weighted by molar-refractivity contribution is 5.49. The van der Waals surface area contributed by atoms with Crippen LogP contribution in [0, 0.1) is 0 Å². The number of rotatable bonds is 6. The number of ether oxygens (including phenoxy) is 2. The zero-order valence-electron chi connectivity index (χ0n) is 13.6. The van der Waals surface area contributed by atoms with Crippen LogP contribution in [-0.2, 0) is 0 Å². The van der Waals surface area contributed by atoms with Crippen LogP contribution in [0.1, 0.15) is 24.4 Å². The Morgan fingerprint density at radius 3 is 2.79 bits per heavy atom. The molecule has 3 aromatic rings. The average molecular weight is 325 g/mol. The van der Waals surface area contributed by atoms with Gasteiger partial charge in [-0.1, -0.05) is 12.1 Å². The van der Waals surface area contributed by atoms with Crippen LogP contribution >= 0.6 is 0 Å². The van der Waals surface area contributed by atoms with Gasteiger partial charge in [-0.2, -0.15) is 5.10 Å². The van der Waals surface area contributed by atoms with Gasteiger partial charge in [0.1, 0.15) is 11.5 Å². The number of methoxy groups -OCH3 is 1. The number of pyridine rings is 1. The van der Waals surface area contributed by atoms with Crippen LogP contribution in [0.15, 0.2) is 42.6 Å². The molecule has 1 aromatic carbocycles. The van der Waals surface area contributed by atoms with Gasteiger partial charge in [0.05, 0.1) is 19.8 Å². The van der Waals surface area contributed by atoms with Crippen molar-refractivity contribution in [3.8, 4) is 23.0 Å². The van der Waals surface area contributed by atoms with Crippen molar-refractivity contribution in [3.05, 3.63) is 54.0 Å². The third-order valence-electron chi connectivity index (χ3n) is 3.54. The second-order valence-corrected chi connectivity index (χ2v) is 5.08. The van der Waals surface area contributed by atoms with E-state index in [9.17, 15) is 0 Å². The Morgan fingerprint density at radius 1 is 1.21 bits per heavy atom. The highest BCUT2D eigenvalue weighted by Crippen LogP contribution is 2.31. The summed E-state index contributed by atoms with van der Waals surface area (Å²) in [6.45, 7) is 2.49. The molecule has 0 bridgehead atoms.